The minimum Gasteiger partial charge on any atom is -0.490 e. The highest BCUT2D eigenvalue weighted by Gasteiger charge is 2.08. The molecule has 1 amide bonds. The Hall–Kier alpha value is -3.47. The maximum atomic E-state index is 11.1. The van der Waals surface area contributed by atoms with Gasteiger partial charge in [0, 0.05) is 24.8 Å². The molecule has 0 atom stereocenters. The van der Waals surface area contributed by atoms with Gasteiger partial charge in [-0.2, -0.15) is 0 Å². The van der Waals surface area contributed by atoms with E-state index >= 15 is 0 Å². The molecule has 2 N–H and O–H groups in total. The molecule has 156 valence electrons. The number of hydrogen-bond acceptors (Lipinski definition) is 4. The third-order valence-electron chi connectivity index (χ3n) is 4.65. The van der Waals surface area contributed by atoms with Crippen LogP contribution in [0.4, 0.5) is 11.4 Å². The molecule has 3 aromatic rings. The number of hydrogen-bond donors (Lipinski definition) is 2. The SMILES string of the molecule is CCOc1cc(CNc2ccc(NC(C)=O)cc2)ccc1OCc1ccccc1C. The standard InChI is InChI=1S/C25H28N2O3/c1-4-29-25-15-20(16-26-22-10-12-23(13-11-22)27-19(3)28)9-14-24(25)30-17-21-8-6-5-7-18(21)2/h5-15,26H,4,16-17H2,1-3H3,(H,27,28). The van der Waals surface area contributed by atoms with E-state index in [-0.39, 0.29) is 5.91 Å². The minimum atomic E-state index is -0.0797. The zero-order valence-corrected chi connectivity index (χ0v) is 17.7. The molecular formula is C25H28N2O3. The molecule has 0 saturated heterocycles. The number of carbonyl (C=O) groups excluding carboxylic acids is 1. The zero-order chi connectivity index (χ0) is 21.3. The van der Waals surface area contributed by atoms with Gasteiger partial charge in [-0.15, -0.1) is 0 Å². The van der Waals surface area contributed by atoms with Crippen LogP contribution in [0.5, 0.6) is 11.5 Å². The lowest BCUT2D eigenvalue weighted by Gasteiger charge is -2.15. The maximum absolute atomic E-state index is 11.1. The molecule has 3 aromatic carbocycles. The zero-order valence-electron chi connectivity index (χ0n) is 17.7. The Bertz CT molecular complexity index is 984. The first-order valence-electron chi connectivity index (χ1n) is 10.1. The molecule has 0 heterocycles. The normalized spacial score (nSPS) is 10.4. The summed E-state index contributed by atoms with van der Waals surface area (Å²) in [5, 5.41) is 6.15. The summed E-state index contributed by atoms with van der Waals surface area (Å²) in [5.41, 5.74) is 5.21. The number of benzene rings is 3. The van der Waals surface area contributed by atoms with Gasteiger partial charge in [0.15, 0.2) is 11.5 Å². The molecule has 0 unspecified atom stereocenters. The second kappa shape index (κ2) is 10.3. The van der Waals surface area contributed by atoms with E-state index in [1.165, 1.54) is 12.5 Å². The fraction of sp³-hybridized carbons (Fsp3) is 0.240. The molecule has 5 nitrogen and oxygen atoms in total. The highest BCUT2D eigenvalue weighted by atomic mass is 16.5. The van der Waals surface area contributed by atoms with Crippen LogP contribution in [0.1, 0.15) is 30.5 Å². The molecule has 30 heavy (non-hydrogen) atoms. The number of carbonyl (C=O) groups is 1. The Morgan fingerprint density at radius 1 is 0.900 bits per heavy atom. The Morgan fingerprint density at radius 3 is 2.33 bits per heavy atom. The third kappa shape index (κ3) is 6.01. The van der Waals surface area contributed by atoms with Crippen LogP contribution < -0.4 is 20.1 Å². The van der Waals surface area contributed by atoms with Crippen LogP contribution in [0, 0.1) is 6.92 Å². The van der Waals surface area contributed by atoms with Crippen LogP contribution in [0.2, 0.25) is 0 Å². The lowest BCUT2D eigenvalue weighted by Crippen LogP contribution is -2.06. The predicted molar refractivity (Wildman–Crippen MR) is 121 cm³/mol. The Kier molecular flexibility index (Phi) is 7.33. The van der Waals surface area contributed by atoms with E-state index in [2.05, 4.69) is 29.7 Å². The van der Waals surface area contributed by atoms with Crippen LogP contribution in [0.15, 0.2) is 66.7 Å². The predicted octanol–water partition coefficient (Wildman–Crippen LogP) is 5.54. The second-order valence-electron chi connectivity index (χ2n) is 7.04. The number of anilines is 2. The molecule has 0 radical (unpaired) electrons. The molecule has 0 aliphatic rings. The van der Waals surface area contributed by atoms with Crippen molar-refractivity contribution in [3.05, 3.63) is 83.4 Å². The van der Waals surface area contributed by atoms with Crippen LogP contribution in [-0.2, 0) is 17.9 Å². The summed E-state index contributed by atoms with van der Waals surface area (Å²) >= 11 is 0. The highest BCUT2D eigenvalue weighted by Crippen LogP contribution is 2.30. The fourth-order valence-corrected chi connectivity index (χ4v) is 3.06. The topological polar surface area (TPSA) is 59.6 Å². The minimum absolute atomic E-state index is 0.0797. The molecule has 0 fully saturated rings. The molecule has 3 rings (SSSR count). The summed E-state index contributed by atoms with van der Waals surface area (Å²) in [5.74, 6) is 1.40. The third-order valence-corrected chi connectivity index (χ3v) is 4.65. The average molecular weight is 405 g/mol. The molecule has 0 bridgehead atoms. The molecule has 0 spiro atoms. The number of amides is 1. The van der Waals surface area contributed by atoms with Crippen LogP contribution in [-0.4, -0.2) is 12.5 Å². The lowest BCUT2D eigenvalue weighted by atomic mass is 10.1. The van der Waals surface area contributed by atoms with Gasteiger partial charge in [0.25, 0.3) is 0 Å². The van der Waals surface area contributed by atoms with E-state index in [4.69, 9.17) is 9.47 Å². The molecule has 0 aliphatic carbocycles. The Labute approximate surface area is 178 Å². The van der Waals surface area contributed by atoms with E-state index in [1.54, 1.807) is 0 Å². The number of rotatable bonds is 9. The van der Waals surface area contributed by atoms with Gasteiger partial charge in [0.2, 0.25) is 5.91 Å². The molecule has 0 aliphatic heterocycles. The summed E-state index contributed by atoms with van der Waals surface area (Å²) in [7, 11) is 0. The van der Waals surface area contributed by atoms with Crippen molar-refractivity contribution in [2.45, 2.75) is 33.9 Å². The molecular weight excluding hydrogens is 376 g/mol. The largest absolute Gasteiger partial charge is 0.490 e. The number of nitrogens with one attached hydrogen (secondary N) is 2. The van der Waals surface area contributed by atoms with Crippen molar-refractivity contribution in [1.29, 1.82) is 0 Å². The highest BCUT2D eigenvalue weighted by molar-refractivity contribution is 5.88. The van der Waals surface area contributed by atoms with Crippen molar-refractivity contribution < 1.29 is 14.3 Å². The van der Waals surface area contributed by atoms with Gasteiger partial charge >= 0.3 is 0 Å². The van der Waals surface area contributed by atoms with Crippen LogP contribution >= 0.6 is 0 Å². The van der Waals surface area contributed by atoms with Gasteiger partial charge in [0.1, 0.15) is 6.61 Å². The second-order valence-corrected chi connectivity index (χ2v) is 7.04. The first kappa shape index (κ1) is 21.2. The van der Waals surface area contributed by atoms with Crippen molar-refractivity contribution in [3.8, 4) is 11.5 Å². The summed E-state index contributed by atoms with van der Waals surface area (Å²) in [6.45, 7) is 7.27. The van der Waals surface area contributed by atoms with Gasteiger partial charge in [0.05, 0.1) is 6.61 Å². The van der Waals surface area contributed by atoms with Crippen molar-refractivity contribution in [2.24, 2.45) is 0 Å². The summed E-state index contributed by atoms with van der Waals surface area (Å²) in [6.07, 6.45) is 0. The van der Waals surface area contributed by atoms with Gasteiger partial charge in [-0.05, 0) is 66.9 Å². The van der Waals surface area contributed by atoms with Gasteiger partial charge in [-0.3, -0.25) is 4.79 Å². The van der Waals surface area contributed by atoms with Gasteiger partial charge in [-0.1, -0.05) is 30.3 Å². The molecule has 0 saturated carbocycles. The van der Waals surface area contributed by atoms with E-state index in [1.807, 2.05) is 61.5 Å². The van der Waals surface area contributed by atoms with E-state index < -0.39 is 0 Å². The Morgan fingerprint density at radius 2 is 1.63 bits per heavy atom. The monoisotopic (exact) mass is 404 g/mol. The maximum Gasteiger partial charge on any atom is 0.221 e. The summed E-state index contributed by atoms with van der Waals surface area (Å²) < 4.78 is 11.8. The molecule has 5 heteroatoms. The summed E-state index contributed by atoms with van der Waals surface area (Å²) in [4.78, 5) is 11.1. The van der Waals surface area contributed by atoms with Gasteiger partial charge < -0.3 is 20.1 Å². The fourth-order valence-electron chi connectivity index (χ4n) is 3.06. The van der Waals surface area contributed by atoms with E-state index in [0.717, 1.165) is 34.0 Å². The average Bonchev–Trinajstić information content (AvgIpc) is 2.73. The van der Waals surface area contributed by atoms with Crippen molar-refractivity contribution in [2.75, 3.05) is 17.2 Å². The first-order chi connectivity index (χ1) is 14.5. The van der Waals surface area contributed by atoms with Gasteiger partial charge in [-0.25, -0.2) is 0 Å². The Balaban J connectivity index is 1.64. The van der Waals surface area contributed by atoms with Crippen LogP contribution in [0.25, 0.3) is 0 Å². The quantitative estimate of drug-likeness (QED) is 0.491. The number of ether oxygens (including phenoxy) is 2. The first-order valence-corrected chi connectivity index (χ1v) is 10.1. The van der Waals surface area contributed by atoms with Crippen LogP contribution in [0.3, 0.4) is 0 Å². The van der Waals surface area contributed by atoms with E-state index in [9.17, 15) is 4.79 Å². The summed E-state index contributed by atoms with van der Waals surface area (Å²) in [6, 6.07) is 21.8. The van der Waals surface area contributed by atoms with Crippen molar-refractivity contribution in [3.63, 3.8) is 0 Å². The van der Waals surface area contributed by atoms with Crippen molar-refractivity contribution in [1.82, 2.24) is 0 Å². The lowest BCUT2D eigenvalue weighted by molar-refractivity contribution is -0.114. The molecule has 0 aromatic heterocycles. The number of aryl methyl sites for hydroxylation is 1. The van der Waals surface area contributed by atoms with Crippen molar-refractivity contribution >= 4 is 17.3 Å². The van der Waals surface area contributed by atoms with E-state index in [0.29, 0.717) is 19.8 Å². The smallest absolute Gasteiger partial charge is 0.221 e.